The largest absolute Gasteiger partial charge is 0.394 e. The molecule has 0 bridgehead atoms. The summed E-state index contributed by atoms with van der Waals surface area (Å²) in [7, 11) is 0. The lowest BCUT2D eigenvalue weighted by molar-refractivity contribution is -0.123. The normalized spacial score (nSPS) is 13.5. The first-order valence-electron chi connectivity index (χ1n) is 20.9. The van der Waals surface area contributed by atoms with E-state index in [-0.39, 0.29) is 12.5 Å². The average molecular weight is 672 g/mol. The summed E-state index contributed by atoms with van der Waals surface area (Å²) < 4.78 is 0. The van der Waals surface area contributed by atoms with Gasteiger partial charge in [-0.3, -0.25) is 4.79 Å². The van der Waals surface area contributed by atoms with Gasteiger partial charge in [-0.1, -0.05) is 184 Å². The maximum Gasteiger partial charge on any atom is 0.220 e. The molecule has 0 aromatic rings. The molecule has 1 amide bonds. The third-order valence-corrected chi connectivity index (χ3v) is 9.28. The SMILES string of the molecule is CCCCC/C=C/CC/C=C/C(O)C(CO)NC(=O)CCCCCCCCCCCCCCCCC/C=C\C/C=C\CCCCCCC. The molecule has 0 aromatic heterocycles. The van der Waals surface area contributed by atoms with Crippen LogP contribution in [0.3, 0.4) is 0 Å². The van der Waals surface area contributed by atoms with Crippen molar-refractivity contribution < 1.29 is 15.0 Å². The summed E-state index contributed by atoms with van der Waals surface area (Å²) in [5.41, 5.74) is 0. The minimum atomic E-state index is -0.859. The second kappa shape index (κ2) is 39.8. The summed E-state index contributed by atoms with van der Waals surface area (Å²) in [4.78, 5) is 12.3. The maximum atomic E-state index is 12.3. The standard InChI is InChI=1S/C44H81NO3/c1-3-5-7-9-11-13-14-15-16-17-18-19-20-21-22-23-24-25-26-27-28-29-30-32-34-36-38-40-44(48)45-42(41-46)43(47)39-37-35-33-31-12-10-8-6-4-2/h12,14-15,17-18,31,37,39,42-43,46-47H,3-11,13,16,19-30,32-36,38,40-41H2,1-2H3,(H,45,48)/b15-14-,18-17-,31-12+,39-37+. The van der Waals surface area contributed by atoms with Crippen LogP contribution < -0.4 is 5.32 Å². The number of unbranched alkanes of at least 4 members (excludes halogenated alkanes) is 24. The molecule has 2 atom stereocenters. The number of amides is 1. The number of carbonyl (C=O) groups excluding carboxylic acids is 1. The van der Waals surface area contributed by atoms with E-state index >= 15 is 0 Å². The Hall–Kier alpha value is -1.65. The van der Waals surface area contributed by atoms with E-state index in [1.807, 2.05) is 6.08 Å². The smallest absolute Gasteiger partial charge is 0.220 e. The predicted molar refractivity (Wildman–Crippen MR) is 211 cm³/mol. The summed E-state index contributed by atoms with van der Waals surface area (Å²) in [5, 5.41) is 22.8. The molecule has 0 aliphatic carbocycles. The number of allylic oxidation sites excluding steroid dienone is 7. The van der Waals surface area contributed by atoms with Crippen molar-refractivity contribution in [1.29, 1.82) is 0 Å². The van der Waals surface area contributed by atoms with Gasteiger partial charge in [-0.05, 0) is 64.2 Å². The molecule has 48 heavy (non-hydrogen) atoms. The van der Waals surface area contributed by atoms with Crippen LogP contribution in [0, 0.1) is 0 Å². The molecular weight excluding hydrogens is 590 g/mol. The first kappa shape index (κ1) is 46.4. The van der Waals surface area contributed by atoms with Crippen molar-refractivity contribution in [2.24, 2.45) is 0 Å². The predicted octanol–water partition coefficient (Wildman–Crippen LogP) is 12.8. The molecule has 2 unspecified atom stereocenters. The Kier molecular flexibility index (Phi) is 38.4. The van der Waals surface area contributed by atoms with Crippen LogP contribution in [-0.4, -0.2) is 34.9 Å². The van der Waals surface area contributed by atoms with E-state index < -0.39 is 12.1 Å². The van der Waals surface area contributed by atoms with Gasteiger partial charge in [0.25, 0.3) is 0 Å². The van der Waals surface area contributed by atoms with Crippen LogP contribution in [0.25, 0.3) is 0 Å². The summed E-state index contributed by atoms with van der Waals surface area (Å²) >= 11 is 0. The van der Waals surface area contributed by atoms with Crippen LogP contribution >= 0.6 is 0 Å². The minimum absolute atomic E-state index is 0.0777. The number of aliphatic hydroxyl groups excluding tert-OH is 2. The van der Waals surface area contributed by atoms with E-state index in [2.05, 4.69) is 55.6 Å². The van der Waals surface area contributed by atoms with E-state index in [0.717, 1.165) is 38.5 Å². The van der Waals surface area contributed by atoms with Gasteiger partial charge in [0.2, 0.25) is 5.91 Å². The molecule has 0 aliphatic heterocycles. The van der Waals surface area contributed by atoms with Gasteiger partial charge in [0.15, 0.2) is 0 Å². The van der Waals surface area contributed by atoms with E-state index in [4.69, 9.17) is 0 Å². The number of aliphatic hydroxyl groups is 2. The molecule has 0 rings (SSSR count). The lowest BCUT2D eigenvalue weighted by Crippen LogP contribution is -2.45. The fourth-order valence-corrected chi connectivity index (χ4v) is 6.05. The van der Waals surface area contributed by atoms with Crippen LogP contribution in [-0.2, 0) is 4.79 Å². The van der Waals surface area contributed by atoms with Gasteiger partial charge in [-0.2, -0.15) is 0 Å². The Labute approximate surface area is 299 Å². The van der Waals surface area contributed by atoms with E-state index in [0.29, 0.717) is 6.42 Å². The molecule has 280 valence electrons. The van der Waals surface area contributed by atoms with Crippen LogP contribution in [0.15, 0.2) is 48.6 Å². The zero-order chi connectivity index (χ0) is 35.0. The fraction of sp³-hybridized carbons (Fsp3) is 0.795. The van der Waals surface area contributed by atoms with Crippen molar-refractivity contribution in [2.75, 3.05) is 6.61 Å². The van der Waals surface area contributed by atoms with Crippen LogP contribution in [0.2, 0.25) is 0 Å². The van der Waals surface area contributed by atoms with Crippen LogP contribution in [0.1, 0.15) is 206 Å². The molecule has 4 nitrogen and oxygen atoms in total. The highest BCUT2D eigenvalue weighted by Gasteiger charge is 2.17. The number of hydrogen-bond donors (Lipinski definition) is 3. The zero-order valence-corrected chi connectivity index (χ0v) is 32.0. The van der Waals surface area contributed by atoms with Gasteiger partial charge in [-0.25, -0.2) is 0 Å². The first-order chi connectivity index (χ1) is 23.7. The molecule has 0 fully saturated rings. The molecule has 0 heterocycles. The van der Waals surface area contributed by atoms with E-state index in [1.165, 1.54) is 148 Å². The Morgan fingerprint density at radius 3 is 1.38 bits per heavy atom. The molecule has 0 saturated carbocycles. The quantitative estimate of drug-likeness (QED) is 0.0455. The Bertz CT molecular complexity index is 771. The Balaban J connectivity index is 3.49. The molecule has 0 aliphatic rings. The third-order valence-electron chi connectivity index (χ3n) is 9.28. The molecule has 4 heteroatoms. The number of nitrogens with one attached hydrogen (secondary N) is 1. The summed E-state index contributed by atoms with van der Waals surface area (Å²) in [6, 6.07) is -0.636. The third kappa shape index (κ3) is 35.7. The van der Waals surface area contributed by atoms with Crippen molar-refractivity contribution in [3.63, 3.8) is 0 Å². The lowest BCUT2D eigenvalue weighted by atomic mass is 10.0. The highest BCUT2D eigenvalue weighted by molar-refractivity contribution is 5.76. The molecule has 0 aromatic carbocycles. The zero-order valence-electron chi connectivity index (χ0n) is 32.0. The minimum Gasteiger partial charge on any atom is -0.394 e. The summed E-state index contributed by atoms with van der Waals surface area (Å²) in [6.07, 6.45) is 53.7. The molecular formula is C44H81NO3. The van der Waals surface area contributed by atoms with Gasteiger partial charge in [0, 0.05) is 6.42 Å². The summed E-state index contributed by atoms with van der Waals surface area (Å²) in [6.45, 7) is 4.23. The van der Waals surface area contributed by atoms with Crippen LogP contribution in [0.4, 0.5) is 0 Å². The molecule has 0 spiro atoms. The van der Waals surface area contributed by atoms with Crippen LogP contribution in [0.5, 0.6) is 0 Å². The summed E-state index contributed by atoms with van der Waals surface area (Å²) in [5.74, 6) is -0.0777. The fourth-order valence-electron chi connectivity index (χ4n) is 6.05. The molecule has 3 N–H and O–H groups in total. The number of carbonyl (C=O) groups is 1. The Morgan fingerprint density at radius 2 is 0.875 bits per heavy atom. The molecule has 0 saturated heterocycles. The van der Waals surface area contributed by atoms with Crippen molar-refractivity contribution >= 4 is 5.91 Å². The van der Waals surface area contributed by atoms with Crippen molar-refractivity contribution in [2.45, 2.75) is 219 Å². The highest BCUT2D eigenvalue weighted by Crippen LogP contribution is 2.14. The van der Waals surface area contributed by atoms with Gasteiger partial charge >= 0.3 is 0 Å². The second-order valence-electron chi connectivity index (χ2n) is 14.0. The monoisotopic (exact) mass is 672 g/mol. The molecule has 0 radical (unpaired) electrons. The highest BCUT2D eigenvalue weighted by atomic mass is 16.3. The van der Waals surface area contributed by atoms with Gasteiger partial charge in [-0.15, -0.1) is 0 Å². The van der Waals surface area contributed by atoms with Gasteiger partial charge in [0.05, 0.1) is 18.8 Å². The van der Waals surface area contributed by atoms with Crippen molar-refractivity contribution in [3.8, 4) is 0 Å². The maximum absolute atomic E-state index is 12.3. The first-order valence-corrected chi connectivity index (χ1v) is 20.9. The van der Waals surface area contributed by atoms with E-state index in [9.17, 15) is 15.0 Å². The van der Waals surface area contributed by atoms with Crippen molar-refractivity contribution in [3.05, 3.63) is 48.6 Å². The number of rotatable bonds is 37. The number of hydrogen-bond acceptors (Lipinski definition) is 3. The topological polar surface area (TPSA) is 69.6 Å². The van der Waals surface area contributed by atoms with Gasteiger partial charge in [0.1, 0.15) is 0 Å². The lowest BCUT2D eigenvalue weighted by Gasteiger charge is -2.19. The van der Waals surface area contributed by atoms with Gasteiger partial charge < -0.3 is 15.5 Å². The average Bonchev–Trinajstić information content (AvgIpc) is 3.09. The van der Waals surface area contributed by atoms with E-state index in [1.54, 1.807) is 6.08 Å². The second-order valence-corrected chi connectivity index (χ2v) is 14.0. The Morgan fingerprint density at radius 1 is 0.500 bits per heavy atom. The van der Waals surface area contributed by atoms with Crippen molar-refractivity contribution in [1.82, 2.24) is 5.32 Å².